The molecule has 0 spiro atoms. The number of para-hydroxylation sites is 1. The fourth-order valence-electron chi connectivity index (χ4n) is 1.77. The molecule has 1 rings (SSSR count). The van der Waals surface area contributed by atoms with Crippen LogP contribution in [-0.4, -0.2) is 23.7 Å². The molecule has 0 saturated carbocycles. The third kappa shape index (κ3) is 5.78. The summed E-state index contributed by atoms with van der Waals surface area (Å²) in [5.41, 5.74) is 7.39. The van der Waals surface area contributed by atoms with Gasteiger partial charge in [-0.3, -0.25) is 0 Å². The molecule has 18 heavy (non-hydrogen) atoms. The lowest BCUT2D eigenvalue weighted by Gasteiger charge is -2.19. The molecule has 0 heterocycles. The smallest absolute Gasteiger partial charge is 0.122 e. The van der Waals surface area contributed by atoms with Crippen molar-refractivity contribution in [2.24, 2.45) is 5.73 Å². The molecule has 2 N–H and O–H groups in total. The highest BCUT2D eigenvalue weighted by atomic mass is 32.2. The van der Waals surface area contributed by atoms with Gasteiger partial charge in [-0.1, -0.05) is 39.0 Å². The Morgan fingerprint density at radius 2 is 1.94 bits per heavy atom. The van der Waals surface area contributed by atoms with E-state index in [1.165, 1.54) is 5.56 Å². The van der Waals surface area contributed by atoms with Gasteiger partial charge in [0.2, 0.25) is 0 Å². The lowest BCUT2D eigenvalue weighted by Crippen LogP contribution is -2.24. The minimum absolute atomic E-state index is 0.205. The summed E-state index contributed by atoms with van der Waals surface area (Å²) in [5.74, 6) is 2.05. The lowest BCUT2D eigenvalue weighted by molar-refractivity contribution is 0.407. The minimum Gasteiger partial charge on any atom is -0.496 e. The average Bonchev–Trinajstić information content (AvgIpc) is 2.28. The van der Waals surface area contributed by atoms with E-state index in [9.17, 15) is 0 Å². The first-order valence-corrected chi connectivity index (χ1v) is 7.42. The molecule has 0 saturated heterocycles. The normalized spacial score (nSPS) is 13.4. The highest BCUT2D eigenvalue weighted by molar-refractivity contribution is 8.00. The second-order valence-corrected chi connectivity index (χ2v) is 7.45. The minimum atomic E-state index is 0.205. The molecule has 1 aromatic carbocycles. The zero-order valence-electron chi connectivity index (χ0n) is 11.9. The molecule has 1 atom stereocenters. The lowest BCUT2D eigenvalue weighted by atomic mass is 10.0. The van der Waals surface area contributed by atoms with Crippen LogP contribution in [-0.2, 0) is 6.42 Å². The summed E-state index contributed by atoms with van der Waals surface area (Å²) < 4.78 is 5.67. The highest BCUT2D eigenvalue weighted by Gasteiger charge is 2.12. The molecule has 0 aliphatic heterocycles. The van der Waals surface area contributed by atoms with Crippen molar-refractivity contribution in [2.45, 2.75) is 44.4 Å². The van der Waals surface area contributed by atoms with E-state index < -0.39 is 0 Å². The van der Waals surface area contributed by atoms with Crippen molar-refractivity contribution >= 4 is 11.8 Å². The van der Waals surface area contributed by atoms with Crippen LogP contribution in [0.1, 0.15) is 32.8 Å². The Hall–Kier alpha value is -0.670. The number of hydrogen-bond acceptors (Lipinski definition) is 3. The maximum Gasteiger partial charge on any atom is 0.122 e. The molecule has 1 unspecified atom stereocenters. The molecule has 2 nitrogen and oxygen atoms in total. The van der Waals surface area contributed by atoms with Crippen LogP contribution in [0, 0.1) is 0 Å². The largest absolute Gasteiger partial charge is 0.496 e. The maximum atomic E-state index is 6.19. The SMILES string of the molecule is COc1ccccc1CC(N)CCSC(C)(C)C. The quantitative estimate of drug-likeness (QED) is 0.857. The van der Waals surface area contributed by atoms with Gasteiger partial charge >= 0.3 is 0 Å². The van der Waals surface area contributed by atoms with E-state index >= 15 is 0 Å². The fraction of sp³-hybridized carbons (Fsp3) is 0.600. The molecule has 0 fully saturated rings. The zero-order chi connectivity index (χ0) is 13.6. The van der Waals surface area contributed by atoms with E-state index in [0.717, 1.165) is 24.3 Å². The first-order valence-electron chi connectivity index (χ1n) is 6.44. The van der Waals surface area contributed by atoms with Crippen LogP contribution in [0.5, 0.6) is 5.75 Å². The van der Waals surface area contributed by atoms with E-state index in [0.29, 0.717) is 4.75 Å². The van der Waals surface area contributed by atoms with Gasteiger partial charge in [-0.2, -0.15) is 11.8 Å². The molecule has 0 amide bonds. The summed E-state index contributed by atoms with van der Waals surface area (Å²) in [6.07, 6.45) is 1.93. The molecular formula is C15H25NOS. The monoisotopic (exact) mass is 267 g/mol. The van der Waals surface area contributed by atoms with Crippen LogP contribution in [0.15, 0.2) is 24.3 Å². The topological polar surface area (TPSA) is 35.2 Å². The number of ether oxygens (including phenoxy) is 1. The Kier molecular flexibility index (Phi) is 6.03. The number of thioether (sulfide) groups is 1. The van der Waals surface area contributed by atoms with Crippen molar-refractivity contribution < 1.29 is 4.74 Å². The number of benzene rings is 1. The van der Waals surface area contributed by atoms with E-state index in [-0.39, 0.29) is 6.04 Å². The first kappa shape index (κ1) is 15.4. The van der Waals surface area contributed by atoms with E-state index in [4.69, 9.17) is 10.5 Å². The van der Waals surface area contributed by atoms with Crippen molar-refractivity contribution in [1.82, 2.24) is 0 Å². The number of hydrogen-bond donors (Lipinski definition) is 1. The number of nitrogens with two attached hydrogens (primary N) is 1. The molecule has 0 bridgehead atoms. The van der Waals surface area contributed by atoms with Gasteiger partial charge in [0.15, 0.2) is 0 Å². The molecule has 0 radical (unpaired) electrons. The molecule has 1 aromatic rings. The van der Waals surface area contributed by atoms with Crippen LogP contribution in [0.4, 0.5) is 0 Å². The predicted molar refractivity (Wildman–Crippen MR) is 81.5 cm³/mol. The first-order chi connectivity index (χ1) is 8.42. The summed E-state index contributed by atoms with van der Waals surface area (Å²) in [7, 11) is 1.71. The summed E-state index contributed by atoms with van der Waals surface area (Å²) >= 11 is 1.97. The molecule has 0 aliphatic rings. The summed E-state index contributed by atoms with van der Waals surface area (Å²) in [5, 5.41) is 0. The maximum absolute atomic E-state index is 6.19. The van der Waals surface area contributed by atoms with Crippen LogP contribution >= 0.6 is 11.8 Å². The van der Waals surface area contributed by atoms with Crippen LogP contribution in [0.25, 0.3) is 0 Å². The Labute approximate surface area is 115 Å². The second kappa shape index (κ2) is 7.05. The van der Waals surface area contributed by atoms with Gasteiger partial charge in [0, 0.05) is 10.8 Å². The Bertz CT molecular complexity index is 360. The number of rotatable bonds is 6. The van der Waals surface area contributed by atoms with E-state index in [2.05, 4.69) is 26.8 Å². The van der Waals surface area contributed by atoms with E-state index in [1.54, 1.807) is 7.11 Å². The Balaban J connectivity index is 2.42. The Morgan fingerprint density at radius 1 is 1.28 bits per heavy atom. The van der Waals surface area contributed by atoms with Crippen molar-refractivity contribution in [1.29, 1.82) is 0 Å². The zero-order valence-corrected chi connectivity index (χ0v) is 12.7. The van der Waals surface area contributed by atoms with E-state index in [1.807, 2.05) is 30.0 Å². The van der Waals surface area contributed by atoms with Gasteiger partial charge in [0.05, 0.1) is 7.11 Å². The van der Waals surface area contributed by atoms with Crippen LogP contribution < -0.4 is 10.5 Å². The summed E-state index contributed by atoms with van der Waals surface area (Å²) in [6.45, 7) is 6.72. The molecule has 102 valence electrons. The summed E-state index contributed by atoms with van der Waals surface area (Å²) in [6, 6.07) is 8.32. The van der Waals surface area contributed by atoms with Gasteiger partial charge < -0.3 is 10.5 Å². The van der Waals surface area contributed by atoms with Crippen molar-refractivity contribution in [3.63, 3.8) is 0 Å². The van der Waals surface area contributed by atoms with Gasteiger partial charge in [0.25, 0.3) is 0 Å². The van der Waals surface area contributed by atoms with Crippen LogP contribution in [0.3, 0.4) is 0 Å². The molecule has 3 heteroatoms. The third-order valence-electron chi connectivity index (χ3n) is 2.70. The summed E-state index contributed by atoms with van der Waals surface area (Å²) in [4.78, 5) is 0. The van der Waals surface area contributed by atoms with Crippen LogP contribution in [0.2, 0.25) is 0 Å². The average molecular weight is 267 g/mol. The molecule has 0 aromatic heterocycles. The second-order valence-electron chi connectivity index (χ2n) is 5.53. The van der Waals surface area contributed by atoms with Gasteiger partial charge in [-0.25, -0.2) is 0 Å². The Morgan fingerprint density at radius 3 is 2.56 bits per heavy atom. The number of methoxy groups -OCH3 is 1. The highest BCUT2D eigenvalue weighted by Crippen LogP contribution is 2.25. The predicted octanol–water partition coefficient (Wildman–Crippen LogP) is 3.49. The third-order valence-corrected chi connectivity index (χ3v) is 4.00. The van der Waals surface area contributed by atoms with Crippen molar-refractivity contribution in [2.75, 3.05) is 12.9 Å². The van der Waals surface area contributed by atoms with Gasteiger partial charge in [-0.05, 0) is 30.2 Å². The van der Waals surface area contributed by atoms with Crippen molar-refractivity contribution in [3.8, 4) is 5.75 Å². The molecule has 0 aliphatic carbocycles. The van der Waals surface area contributed by atoms with Gasteiger partial charge in [-0.15, -0.1) is 0 Å². The fourth-order valence-corrected chi connectivity index (χ4v) is 2.81. The van der Waals surface area contributed by atoms with Crippen molar-refractivity contribution in [3.05, 3.63) is 29.8 Å². The molecular weight excluding hydrogens is 242 g/mol. The standard InChI is InChI=1S/C15H25NOS/c1-15(2,3)18-10-9-13(16)11-12-7-5-6-8-14(12)17-4/h5-8,13H,9-11,16H2,1-4H3. The van der Waals surface area contributed by atoms with Gasteiger partial charge in [0.1, 0.15) is 5.75 Å².